The average molecular weight is 583 g/mol. The maximum atomic E-state index is 10.3. The van der Waals surface area contributed by atoms with Crippen molar-refractivity contribution in [3.05, 3.63) is 64.2 Å². The fourth-order valence-corrected chi connectivity index (χ4v) is 6.09. The Balaban J connectivity index is 1.21. The van der Waals surface area contributed by atoms with Crippen molar-refractivity contribution in [2.24, 2.45) is 5.41 Å². The van der Waals surface area contributed by atoms with E-state index < -0.39 is 0 Å². The molecule has 178 valence electrons. The van der Waals surface area contributed by atoms with E-state index >= 15 is 0 Å². The number of benzene rings is 2. The summed E-state index contributed by atoms with van der Waals surface area (Å²) >= 11 is 8.87. The summed E-state index contributed by atoms with van der Waals surface area (Å²) in [5, 5.41) is 11.0. The first-order chi connectivity index (χ1) is 16.0. The Bertz CT molecular complexity index is 936. The molecular weight excluding hydrogens is 551 g/mol. The number of hydrogen-bond acceptors (Lipinski definition) is 4. The minimum absolute atomic E-state index is 0.0820. The van der Waals surface area contributed by atoms with Crippen LogP contribution >= 0.6 is 34.2 Å². The van der Waals surface area contributed by atoms with Crippen LogP contribution in [0.5, 0.6) is 5.75 Å². The van der Waals surface area contributed by atoms with Crippen LogP contribution in [0.3, 0.4) is 0 Å². The van der Waals surface area contributed by atoms with Crippen molar-refractivity contribution in [1.29, 1.82) is 0 Å². The molecule has 0 bridgehead atoms. The van der Waals surface area contributed by atoms with Gasteiger partial charge in [0.15, 0.2) is 0 Å². The van der Waals surface area contributed by atoms with Gasteiger partial charge in [0.1, 0.15) is 5.75 Å². The molecule has 3 unspecified atom stereocenters. The largest absolute Gasteiger partial charge is 0.490 e. The minimum Gasteiger partial charge on any atom is -0.490 e. The topological polar surface area (TPSA) is 47.9 Å². The first-order valence-electron chi connectivity index (χ1n) is 12.0. The molecule has 33 heavy (non-hydrogen) atoms. The van der Waals surface area contributed by atoms with Crippen molar-refractivity contribution < 1.29 is 19.3 Å². The van der Waals surface area contributed by atoms with Crippen LogP contribution in [-0.4, -0.2) is 41.1 Å². The molecule has 2 saturated heterocycles. The number of rotatable bonds is 6. The molecule has 2 aromatic rings. The average Bonchev–Trinajstić information content (AvgIpc) is 2.81. The van der Waals surface area contributed by atoms with Crippen molar-refractivity contribution in [1.82, 2.24) is 0 Å². The molecule has 1 spiro atoms. The van der Waals surface area contributed by atoms with Gasteiger partial charge in [0.2, 0.25) is 0 Å². The molecule has 4 nitrogen and oxygen atoms in total. The lowest BCUT2D eigenvalue weighted by Crippen LogP contribution is -2.46. The van der Waals surface area contributed by atoms with Crippen LogP contribution in [0.1, 0.15) is 61.3 Å². The molecule has 6 heteroatoms. The minimum atomic E-state index is -0.313. The van der Waals surface area contributed by atoms with Crippen LogP contribution in [-0.2, 0) is 15.9 Å². The van der Waals surface area contributed by atoms with Gasteiger partial charge in [-0.2, -0.15) is 0 Å². The number of aliphatic hydroxyl groups excluding tert-OH is 1. The zero-order valence-corrected chi connectivity index (χ0v) is 21.8. The molecular formula is C27H32ClIO4. The molecule has 0 radical (unpaired) electrons. The highest BCUT2D eigenvalue weighted by Crippen LogP contribution is 2.43. The van der Waals surface area contributed by atoms with Crippen LogP contribution in [0.2, 0.25) is 5.02 Å². The van der Waals surface area contributed by atoms with E-state index in [1.54, 1.807) is 0 Å². The zero-order valence-electron chi connectivity index (χ0n) is 18.8. The highest BCUT2D eigenvalue weighted by atomic mass is 127. The molecule has 0 aromatic heterocycles. The van der Waals surface area contributed by atoms with Crippen molar-refractivity contribution in [2.75, 3.05) is 17.6 Å². The predicted molar refractivity (Wildman–Crippen MR) is 139 cm³/mol. The van der Waals surface area contributed by atoms with Crippen molar-refractivity contribution >= 4 is 34.2 Å². The Labute approximate surface area is 215 Å². The van der Waals surface area contributed by atoms with Gasteiger partial charge in [-0.05, 0) is 67.0 Å². The maximum Gasteiger partial charge on any atom is 0.119 e. The molecule has 3 atom stereocenters. The van der Waals surface area contributed by atoms with Crippen molar-refractivity contribution in [3.8, 4) is 5.75 Å². The second-order valence-electron chi connectivity index (χ2n) is 10.0. The lowest BCUT2D eigenvalue weighted by Gasteiger charge is -2.46. The monoisotopic (exact) mass is 582 g/mol. The van der Waals surface area contributed by atoms with Gasteiger partial charge < -0.3 is 19.3 Å². The summed E-state index contributed by atoms with van der Waals surface area (Å²) < 4.78 is 18.8. The summed E-state index contributed by atoms with van der Waals surface area (Å²) in [5.41, 5.74) is 3.83. The Morgan fingerprint density at radius 3 is 2.48 bits per heavy atom. The normalized spacial score (nSPS) is 27.3. The Morgan fingerprint density at radius 2 is 1.82 bits per heavy atom. The van der Waals surface area contributed by atoms with Gasteiger partial charge in [-0.15, -0.1) is 0 Å². The van der Waals surface area contributed by atoms with Gasteiger partial charge in [-0.3, -0.25) is 0 Å². The summed E-state index contributed by atoms with van der Waals surface area (Å²) in [4.78, 5) is 0. The van der Waals surface area contributed by atoms with Crippen LogP contribution < -0.4 is 4.74 Å². The molecule has 5 rings (SSSR count). The summed E-state index contributed by atoms with van der Waals surface area (Å²) in [5.74, 6) is 0.943. The molecule has 1 aliphatic carbocycles. The zero-order chi connectivity index (χ0) is 22.8. The third-order valence-corrected chi connectivity index (χ3v) is 8.77. The van der Waals surface area contributed by atoms with Gasteiger partial charge in [0.25, 0.3) is 0 Å². The van der Waals surface area contributed by atoms with Crippen LogP contribution in [0.15, 0.2) is 42.5 Å². The van der Waals surface area contributed by atoms with Crippen molar-refractivity contribution in [2.45, 2.75) is 69.4 Å². The van der Waals surface area contributed by atoms with E-state index in [1.807, 2.05) is 12.1 Å². The first kappa shape index (κ1) is 23.9. The number of aliphatic hydroxyl groups is 1. The van der Waals surface area contributed by atoms with Gasteiger partial charge in [0, 0.05) is 27.7 Å². The number of ether oxygens (including phenoxy) is 3. The van der Waals surface area contributed by atoms with E-state index in [-0.39, 0.29) is 18.3 Å². The van der Waals surface area contributed by atoms with Gasteiger partial charge in [0.05, 0.1) is 37.6 Å². The van der Waals surface area contributed by atoms with Crippen LogP contribution in [0.25, 0.3) is 0 Å². The third kappa shape index (κ3) is 5.69. The summed E-state index contributed by atoms with van der Waals surface area (Å²) in [6.45, 7) is 1.87. The summed E-state index contributed by atoms with van der Waals surface area (Å²) in [6, 6.07) is 14.5. The lowest BCUT2D eigenvalue weighted by atomic mass is 9.72. The standard InChI is InChI=1S/C27H32ClIO4/c28-25-6-3-19(26-14-21(30)13-24(15-29)33-26)12-20(25)11-18-1-4-22(5-2-18)32-23-7-9-27(10-8-23)16-31-17-27/h1-6,12,21,23-24,26,30H,7-11,13-17H2. The molecule has 2 aromatic carbocycles. The smallest absolute Gasteiger partial charge is 0.119 e. The predicted octanol–water partition coefficient (Wildman–Crippen LogP) is 6.28. The number of alkyl halides is 1. The van der Waals surface area contributed by atoms with Crippen LogP contribution in [0, 0.1) is 5.41 Å². The van der Waals surface area contributed by atoms with Gasteiger partial charge in [-0.1, -0.05) is 58.5 Å². The Morgan fingerprint density at radius 1 is 1.06 bits per heavy atom. The SMILES string of the molecule is OC1CC(CI)OC(c2ccc(Cl)c(Cc3ccc(OC4CCC5(CC4)COC5)cc3)c2)C1. The van der Waals surface area contributed by atoms with E-state index in [1.165, 1.54) is 18.4 Å². The van der Waals surface area contributed by atoms with Gasteiger partial charge in [-0.25, -0.2) is 0 Å². The van der Waals surface area contributed by atoms with E-state index in [0.29, 0.717) is 24.4 Å². The van der Waals surface area contributed by atoms with Crippen molar-refractivity contribution in [3.63, 3.8) is 0 Å². The molecule has 3 fully saturated rings. The number of halogens is 2. The molecule has 1 N–H and O–H groups in total. The second kappa shape index (κ2) is 10.4. The highest BCUT2D eigenvalue weighted by molar-refractivity contribution is 14.1. The van der Waals surface area contributed by atoms with Gasteiger partial charge >= 0.3 is 0 Å². The molecule has 2 heterocycles. The van der Waals surface area contributed by atoms with E-state index in [0.717, 1.165) is 58.8 Å². The molecule has 0 amide bonds. The lowest BCUT2D eigenvalue weighted by molar-refractivity contribution is -0.140. The fourth-order valence-electron chi connectivity index (χ4n) is 5.33. The fraction of sp³-hybridized carbons (Fsp3) is 0.556. The van der Waals surface area contributed by atoms with E-state index in [4.69, 9.17) is 25.8 Å². The molecule has 2 aliphatic heterocycles. The van der Waals surface area contributed by atoms with E-state index in [9.17, 15) is 5.11 Å². The highest BCUT2D eigenvalue weighted by Gasteiger charge is 2.42. The number of hydrogen-bond donors (Lipinski definition) is 1. The molecule has 3 aliphatic rings. The molecule has 1 saturated carbocycles. The Hall–Kier alpha value is -0.860. The second-order valence-corrected chi connectivity index (χ2v) is 11.3. The maximum absolute atomic E-state index is 10.3. The first-order valence-corrected chi connectivity index (χ1v) is 13.9. The summed E-state index contributed by atoms with van der Waals surface area (Å²) in [7, 11) is 0. The Kier molecular flexibility index (Phi) is 7.52. The van der Waals surface area contributed by atoms with E-state index in [2.05, 4.69) is 52.9 Å². The third-order valence-electron chi connectivity index (χ3n) is 7.42. The van der Waals surface area contributed by atoms with Crippen LogP contribution in [0.4, 0.5) is 0 Å². The summed E-state index contributed by atoms with van der Waals surface area (Å²) in [6.07, 6.45) is 6.77. The quantitative estimate of drug-likeness (QED) is 0.322.